The number of H-pyrrole nitrogens is 2. The Balaban J connectivity index is 0.871. The Morgan fingerprint density at radius 2 is 0.516 bits per heavy atom. The summed E-state index contributed by atoms with van der Waals surface area (Å²) >= 11 is 0. The van der Waals surface area contributed by atoms with Crippen LogP contribution in [-0.4, -0.2) is 68.3 Å². The Kier molecular flexibility index (Phi) is 11.8. The molecule has 11 aromatic rings. The summed E-state index contributed by atoms with van der Waals surface area (Å²) in [6.07, 6.45) is 0. The fraction of sp³-hybridized carbons (Fsp3) is 0.211. The first-order chi connectivity index (χ1) is 43.6. The standard InChI is InChI=1S/C71H60B4N8O8/c1-36(2)37-12-20-41(21-13-37)72-84-53-28-45-46(29-54(53)85-72)62-76-61(45)77-63-47-30-55-57(88-73(86-55)42-22-14-38(15-23-42)69(3,4)5)32-49(47)65(79-63)81-67-51-34-59-60(91-75(90-59)44-26-18-40(19-27-44)71(9,10)11)35-52(51)68(83-67)82-66-50-33-58-56(31-48(50)64(78-62)80-66)87-74(89-58)43-24-16-39(17-25-43)70(6,7)8/h12-36H,1-11H3,(H2,76,77,78,79,80,81,82,83). The summed E-state index contributed by atoms with van der Waals surface area (Å²) in [6.45, 7) is 24.1. The molecular weight excluding hydrogens is 1140 g/mol. The number of benzene rings is 8. The lowest BCUT2D eigenvalue weighted by Gasteiger charge is -2.19. The van der Waals surface area contributed by atoms with Crippen LogP contribution in [0.2, 0.25) is 0 Å². The van der Waals surface area contributed by atoms with Crippen LogP contribution in [0.5, 0.6) is 46.0 Å². The van der Waals surface area contributed by atoms with Crippen LogP contribution in [0.4, 0.5) is 0 Å². The third-order valence-corrected chi connectivity index (χ3v) is 18.0. The number of nitrogens with zero attached hydrogens (tertiary/aromatic N) is 6. The van der Waals surface area contributed by atoms with Gasteiger partial charge in [0.2, 0.25) is 0 Å². The van der Waals surface area contributed by atoms with E-state index in [0.29, 0.717) is 142 Å². The molecule has 2 N–H and O–H groups in total. The molecule has 9 heterocycles. The van der Waals surface area contributed by atoms with Crippen LogP contribution < -0.4 is 59.1 Å². The average molecular weight is 1200 g/mol. The minimum absolute atomic E-state index is 0.0246. The van der Waals surface area contributed by atoms with Crippen molar-refractivity contribution in [3.63, 3.8) is 0 Å². The fourth-order valence-corrected chi connectivity index (χ4v) is 12.6. The molecule has 0 spiro atoms. The number of nitrogens with one attached hydrogen (secondary N) is 2. The van der Waals surface area contributed by atoms with Crippen molar-refractivity contribution in [3.05, 3.63) is 168 Å². The molecule has 3 aromatic heterocycles. The van der Waals surface area contributed by atoms with E-state index in [9.17, 15) is 0 Å². The van der Waals surface area contributed by atoms with Gasteiger partial charge in [-0.15, -0.1) is 0 Å². The Labute approximate surface area is 526 Å². The lowest BCUT2D eigenvalue weighted by molar-refractivity contribution is 0.518. The maximum Gasteiger partial charge on any atom is 0.632 e. The Bertz CT molecular complexity index is 4820. The quantitative estimate of drug-likeness (QED) is 0.155. The second-order valence-electron chi connectivity index (χ2n) is 27.7. The number of aromatic nitrogens is 8. The summed E-state index contributed by atoms with van der Waals surface area (Å²) in [4.78, 5) is 39.4. The van der Waals surface area contributed by atoms with Crippen molar-refractivity contribution in [1.82, 2.24) is 39.9 Å². The van der Waals surface area contributed by atoms with E-state index in [2.05, 4.69) is 183 Å². The van der Waals surface area contributed by atoms with Gasteiger partial charge in [-0.25, -0.2) is 29.9 Å². The van der Waals surface area contributed by atoms with E-state index >= 15 is 0 Å². The molecule has 0 fully saturated rings. The number of fused-ring (bicyclic) bond motifs is 24. The monoisotopic (exact) mass is 1200 g/mol. The second-order valence-corrected chi connectivity index (χ2v) is 27.7. The molecular formula is C71H60B4N8O8. The van der Waals surface area contributed by atoms with Crippen molar-refractivity contribution < 1.29 is 37.2 Å². The van der Waals surface area contributed by atoms with Crippen LogP contribution in [0.1, 0.15) is 104 Å². The van der Waals surface area contributed by atoms with E-state index in [-0.39, 0.29) is 16.2 Å². The first kappa shape index (κ1) is 54.9. The molecule has 0 saturated heterocycles. The third-order valence-electron chi connectivity index (χ3n) is 18.0. The highest BCUT2D eigenvalue weighted by atomic mass is 16.6. The van der Waals surface area contributed by atoms with Gasteiger partial charge in [0.05, 0.1) is 0 Å². The lowest BCUT2D eigenvalue weighted by atomic mass is 9.77. The van der Waals surface area contributed by atoms with E-state index in [1.54, 1.807) is 0 Å². The third kappa shape index (κ3) is 9.30. The fourth-order valence-electron chi connectivity index (χ4n) is 12.6. The molecule has 0 saturated carbocycles. The molecule has 8 bridgehead atoms. The van der Waals surface area contributed by atoms with Gasteiger partial charge in [0.15, 0.2) is 23.3 Å². The zero-order valence-electron chi connectivity index (χ0n) is 52.2. The van der Waals surface area contributed by atoms with Crippen molar-refractivity contribution >= 4 is 94.5 Å². The normalized spacial score (nSPS) is 14.4. The van der Waals surface area contributed by atoms with Crippen LogP contribution in [0.25, 0.3) is 89.7 Å². The maximum absolute atomic E-state index is 6.65. The van der Waals surface area contributed by atoms with Gasteiger partial charge in [-0.2, -0.15) is 0 Å². The molecule has 6 aliphatic rings. The molecule has 444 valence electrons. The van der Waals surface area contributed by atoms with Crippen LogP contribution in [0.15, 0.2) is 146 Å². The minimum atomic E-state index is -0.695. The Morgan fingerprint density at radius 3 is 0.736 bits per heavy atom. The van der Waals surface area contributed by atoms with E-state index in [1.807, 2.05) is 48.5 Å². The van der Waals surface area contributed by atoms with Gasteiger partial charge < -0.3 is 47.2 Å². The van der Waals surface area contributed by atoms with Crippen molar-refractivity contribution in [1.29, 1.82) is 0 Å². The number of hydrogen-bond acceptors (Lipinski definition) is 14. The lowest BCUT2D eigenvalue weighted by Crippen LogP contribution is -2.39. The summed E-state index contributed by atoms with van der Waals surface area (Å²) in [5.74, 6) is 6.20. The summed E-state index contributed by atoms with van der Waals surface area (Å²) in [6, 6.07) is 49.0. The number of hydrogen-bond donors (Lipinski definition) is 2. The van der Waals surface area contributed by atoms with Crippen molar-refractivity contribution in [3.8, 4) is 91.5 Å². The molecule has 0 aliphatic carbocycles. The van der Waals surface area contributed by atoms with Gasteiger partial charge in [0, 0.05) is 65.6 Å². The zero-order chi connectivity index (χ0) is 62.1. The largest absolute Gasteiger partial charge is 0.632 e. The molecule has 0 unspecified atom stereocenters. The summed E-state index contributed by atoms with van der Waals surface area (Å²) in [7, 11) is -2.77. The predicted octanol–water partition coefficient (Wildman–Crippen LogP) is 12.6. The van der Waals surface area contributed by atoms with Gasteiger partial charge in [0.25, 0.3) is 0 Å². The van der Waals surface area contributed by atoms with Crippen molar-refractivity contribution in [2.24, 2.45) is 0 Å². The molecule has 20 heteroatoms. The van der Waals surface area contributed by atoms with E-state index < -0.39 is 28.5 Å². The summed E-state index contributed by atoms with van der Waals surface area (Å²) in [5, 5.41) is 2.80. The first-order valence-electron chi connectivity index (χ1n) is 31.0. The summed E-state index contributed by atoms with van der Waals surface area (Å²) < 4.78 is 53.1. The molecule has 0 atom stereocenters. The molecule has 17 rings (SSSR count). The van der Waals surface area contributed by atoms with Crippen LogP contribution in [0, 0.1) is 0 Å². The number of aromatic amines is 2. The maximum atomic E-state index is 6.65. The smallest absolute Gasteiger partial charge is 0.519 e. The van der Waals surface area contributed by atoms with Crippen LogP contribution in [0.3, 0.4) is 0 Å². The zero-order valence-corrected chi connectivity index (χ0v) is 52.2. The van der Waals surface area contributed by atoms with Gasteiger partial charge in [-0.3, -0.25) is 0 Å². The Morgan fingerprint density at radius 1 is 0.297 bits per heavy atom. The molecule has 91 heavy (non-hydrogen) atoms. The van der Waals surface area contributed by atoms with Gasteiger partial charge in [-0.05, 0) is 92.9 Å². The van der Waals surface area contributed by atoms with E-state index in [1.165, 1.54) is 22.3 Å². The SMILES string of the molecule is CC(C)c1ccc(B2Oc3cc4c(cc3O2)-c2nc-4nc3[nH]c(nc4nc(nc5[nH]c(n2)c2cc6c(cc52)OB(c2ccc(C(C)(C)C)cc2)O6)-c2cc5c(cc2-4)OB(c2ccc(C(C)(C)C)cc2)O5)c2cc4c(cc32)OB(c2ccc(C(C)(C)C)cc2)O4)cc1. The Hall–Kier alpha value is -10.2. The number of rotatable bonds is 5. The topological polar surface area (TPSA) is 183 Å². The van der Waals surface area contributed by atoms with Gasteiger partial charge >= 0.3 is 28.5 Å². The van der Waals surface area contributed by atoms with Gasteiger partial charge in [-0.1, -0.05) is 173 Å². The molecule has 0 amide bonds. The van der Waals surface area contributed by atoms with Crippen molar-refractivity contribution in [2.75, 3.05) is 0 Å². The van der Waals surface area contributed by atoms with Crippen LogP contribution in [-0.2, 0) is 16.2 Å². The highest BCUT2D eigenvalue weighted by Crippen LogP contribution is 2.49. The molecule has 16 nitrogen and oxygen atoms in total. The van der Waals surface area contributed by atoms with Gasteiger partial charge in [0.1, 0.15) is 68.6 Å². The van der Waals surface area contributed by atoms with Crippen molar-refractivity contribution in [2.45, 2.75) is 98.3 Å². The average Bonchev–Trinajstić information content (AvgIpc) is 1.61. The molecule has 6 aliphatic heterocycles. The predicted molar refractivity (Wildman–Crippen MR) is 359 cm³/mol. The second kappa shape index (κ2) is 19.6. The van der Waals surface area contributed by atoms with E-state index in [0.717, 1.165) is 21.9 Å². The van der Waals surface area contributed by atoms with Crippen LogP contribution >= 0.6 is 0 Å². The highest BCUT2D eigenvalue weighted by Gasteiger charge is 2.41. The first-order valence-corrected chi connectivity index (χ1v) is 31.0. The minimum Gasteiger partial charge on any atom is -0.519 e. The summed E-state index contributed by atoms with van der Waals surface area (Å²) in [5.41, 5.74) is 12.8. The highest BCUT2D eigenvalue weighted by molar-refractivity contribution is 6.65. The molecule has 8 aromatic carbocycles. The van der Waals surface area contributed by atoms with E-state index in [4.69, 9.17) is 67.1 Å². The molecule has 0 radical (unpaired) electrons.